The number of amides is 1. The third kappa shape index (κ3) is 6.96. The summed E-state index contributed by atoms with van der Waals surface area (Å²) in [7, 11) is 3.95. The Balaban J connectivity index is 1.29. The standard InChI is InChI=1S/C36H46N8O2/c1-5-41-19-9-13-28(41)26-46-36-38-32-25-42(33-15-8-12-27-11-6-7-14-30(27)33)20-17-31(32)35(39-36)43-21-22-44(29(24-43)23-37-2)34(45)16-10-18-40(3)4/h6-8,10-12,14-16,28-29H,5,9,13,17-26H2,1,3-4H3/b16-10+/t28-,29-/m0/s1. The number of piperazine rings is 1. The van der Waals surface area contributed by atoms with Gasteiger partial charge in [-0.1, -0.05) is 49.4 Å². The molecule has 2 atom stereocenters. The molecule has 1 aromatic heterocycles. The van der Waals surface area contributed by atoms with E-state index in [1.807, 2.05) is 30.0 Å². The number of aromatic nitrogens is 2. The molecule has 1 amide bonds. The zero-order valence-electron chi connectivity index (χ0n) is 27.4. The van der Waals surface area contributed by atoms with Crippen molar-refractivity contribution in [2.24, 2.45) is 0 Å². The highest BCUT2D eigenvalue weighted by atomic mass is 16.5. The molecule has 3 aliphatic heterocycles. The molecule has 4 heterocycles. The lowest BCUT2D eigenvalue weighted by Gasteiger charge is -2.41. The average Bonchev–Trinajstić information content (AvgIpc) is 3.54. The maximum Gasteiger partial charge on any atom is 0.318 e. The van der Waals surface area contributed by atoms with E-state index in [-0.39, 0.29) is 18.5 Å². The fourth-order valence-corrected chi connectivity index (χ4v) is 7.13. The van der Waals surface area contributed by atoms with Crippen LogP contribution in [0.4, 0.5) is 11.5 Å². The van der Waals surface area contributed by atoms with Crippen molar-refractivity contribution >= 4 is 28.2 Å². The molecule has 242 valence electrons. The Morgan fingerprint density at radius 3 is 2.74 bits per heavy atom. The first kappa shape index (κ1) is 31.8. The monoisotopic (exact) mass is 622 g/mol. The summed E-state index contributed by atoms with van der Waals surface area (Å²) in [6.07, 6.45) is 6.65. The van der Waals surface area contributed by atoms with Gasteiger partial charge in [0, 0.05) is 61.5 Å². The maximum absolute atomic E-state index is 13.2. The summed E-state index contributed by atoms with van der Waals surface area (Å²) < 4.78 is 6.39. The highest BCUT2D eigenvalue weighted by Crippen LogP contribution is 2.35. The van der Waals surface area contributed by atoms with E-state index in [2.05, 4.69) is 68.9 Å². The molecule has 10 heteroatoms. The van der Waals surface area contributed by atoms with E-state index in [4.69, 9.17) is 21.3 Å². The molecule has 0 N–H and O–H groups in total. The fourth-order valence-electron chi connectivity index (χ4n) is 7.13. The van der Waals surface area contributed by atoms with Crippen LogP contribution in [-0.4, -0.2) is 116 Å². The van der Waals surface area contributed by atoms with Gasteiger partial charge in [-0.05, 0) is 57.9 Å². The number of likely N-dealkylation sites (tertiary alicyclic amines) is 1. The van der Waals surface area contributed by atoms with E-state index in [0.29, 0.717) is 51.4 Å². The highest BCUT2D eigenvalue weighted by Gasteiger charge is 2.35. The van der Waals surface area contributed by atoms with Crippen molar-refractivity contribution in [2.45, 2.75) is 44.8 Å². The molecule has 2 aromatic carbocycles. The third-order valence-corrected chi connectivity index (χ3v) is 9.54. The van der Waals surface area contributed by atoms with Crippen LogP contribution >= 0.6 is 0 Å². The maximum atomic E-state index is 13.2. The third-order valence-electron chi connectivity index (χ3n) is 9.54. The first-order chi connectivity index (χ1) is 22.4. The Labute approximate surface area is 273 Å². The van der Waals surface area contributed by atoms with E-state index < -0.39 is 0 Å². The second-order valence-electron chi connectivity index (χ2n) is 12.8. The van der Waals surface area contributed by atoms with Crippen molar-refractivity contribution in [3.8, 4) is 6.01 Å². The number of carbonyl (C=O) groups excluding carboxylic acids is 1. The molecule has 3 aliphatic rings. The van der Waals surface area contributed by atoms with Crippen LogP contribution in [0.5, 0.6) is 6.01 Å². The van der Waals surface area contributed by atoms with Crippen LogP contribution in [0.2, 0.25) is 0 Å². The van der Waals surface area contributed by atoms with Gasteiger partial charge >= 0.3 is 6.01 Å². The number of anilines is 2. The summed E-state index contributed by atoms with van der Waals surface area (Å²) in [5, 5.41) is 2.47. The lowest BCUT2D eigenvalue weighted by Crippen LogP contribution is -2.56. The van der Waals surface area contributed by atoms with Gasteiger partial charge in [-0.15, -0.1) is 0 Å². The van der Waals surface area contributed by atoms with Crippen molar-refractivity contribution in [2.75, 3.05) is 82.9 Å². The Morgan fingerprint density at radius 1 is 1.07 bits per heavy atom. The van der Waals surface area contributed by atoms with Crippen LogP contribution < -0.4 is 14.5 Å². The van der Waals surface area contributed by atoms with E-state index in [1.54, 1.807) is 6.08 Å². The van der Waals surface area contributed by atoms with Gasteiger partial charge in [0.1, 0.15) is 18.5 Å². The van der Waals surface area contributed by atoms with Crippen LogP contribution in [0.15, 0.2) is 54.6 Å². The summed E-state index contributed by atoms with van der Waals surface area (Å²) in [4.78, 5) is 38.0. The molecule has 46 heavy (non-hydrogen) atoms. The van der Waals surface area contributed by atoms with Crippen LogP contribution in [0.25, 0.3) is 15.6 Å². The predicted octanol–water partition coefficient (Wildman–Crippen LogP) is 4.11. The zero-order valence-corrected chi connectivity index (χ0v) is 27.4. The summed E-state index contributed by atoms with van der Waals surface area (Å²) in [6.45, 7) is 16.7. The molecule has 6 rings (SSSR count). The van der Waals surface area contributed by atoms with Gasteiger partial charge in [0.15, 0.2) is 0 Å². The fraction of sp³-hybridized carbons (Fsp3) is 0.500. The van der Waals surface area contributed by atoms with Crippen LogP contribution in [0, 0.1) is 6.57 Å². The van der Waals surface area contributed by atoms with Gasteiger partial charge < -0.3 is 29.2 Å². The molecule has 10 nitrogen and oxygen atoms in total. The second-order valence-corrected chi connectivity index (χ2v) is 12.8. The minimum atomic E-state index is -0.217. The molecule has 0 radical (unpaired) electrons. The van der Waals surface area contributed by atoms with E-state index >= 15 is 0 Å². The Morgan fingerprint density at radius 2 is 1.91 bits per heavy atom. The van der Waals surface area contributed by atoms with Gasteiger partial charge in [-0.2, -0.15) is 9.97 Å². The second kappa shape index (κ2) is 14.5. The van der Waals surface area contributed by atoms with Crippen LogP contribution in [-0.2, 0) is 17.8 Å². The first-order valence-corrected chi connectivity index (χ1v) is 16.6. The van der Waals surface area contributed by atoms with E-state index in [9.17, 15) is 4.79 Å². The topological polar surface area (TPSA) is 72.6 Å². The van der Waals surface area contributed by atoms with Gasteiger partial charge in [0.25, 0.3) is 0 Å². The normalized spacial score (nSPS) is 20.5. The van der Waals surface area contributed by atoms with Crippen molar-refractivity contribution in [3.63, 3.8) is 0 Å². The van der Waals surface area contributed by atoms with Crippen molar-refractivity contribution in [1.82, 2.24) is 24.7 Å². The van der Waals surface area contributed by atoms with E-state index in [0.717, 1.165) is 49.6 Å². The molecule has 0 bridgehead atoms. The zero-order chi connectivity index (χ0) is 32.0. The molecule has 0 saturated carbocycles. The number of likely N-dealkylation sites (N-methyl/N-ethyl adjacent to an activating group) is 2. The predicted molar refractivity (Wildman–Crippen MR) is 183 cm³/mol. The van der Waals surface area contributed by atoms with Gasteiger partial charge in [0.2, 0.25) is 12.5 Å². The smallest absolute Gasteiger partial charge is 0.318 e. The van der Waals surface area contributed by atoms with Crippen molar-refractivity contribution < 1.29 is 9.53 Å². The number of nitrogens with zero attached hydrogens (tertiary/aromatic N) is 8. The number of ether oxygens (including phenoxy) is 1. The van der Waals surface area contributed by atoms with Gasteiger partial charge in [-0.3, -0.25) is 9.69 Å². The van der Waals surface area contributed by atoms with Gasteiger partial charge in [0.05, 0.1) is 12.2 Å². The van der Waals surface area contributed by atoms with Crippen LogP contribution in [0.3, 0.4) is 0 Å². The summed E-state index contributed by atoms with van der Waals surface area (Å²) >= 11 is 0. The summed E-state index contributed by atoms with van der Waals surface area (Å²) in [5.41, 5.74) is 3.35. The number of hydrogen-bond acceptors (Lipinski definition) is 8. The number of rotatable bonds is 10. The lowest BCUT2D eigenvalue weighted by atomic mass is 10.0. The number of fused-ring (bicyclic) bond motifs is 2. The van der Waals surface area contributed by atoms with Crippen LogP contribution in [0.1, 0.15) is 31.0 Å². The molecule has 2 saturated heterocycles. The molecular formula is C36H46N8O2. The number of benzene rings is 2. The van der Waals surface area contributed by atoms with Crippen molar-refractivity contribution in [3.05, 3.63) is 77.3 Å². The van der Waals surface area contributed by atoms with Crippen molar-refractivity contribution in [1.29, 1.82) is 0 Å². The van der Waals surface area contributed by atoms with Gasteiger partial charge in [-0.25, -0.2) is 6.57 Å². The molecule has 0 spiro atoms. The minimum Gasteiger partial charge on any atom is -0.462 e. The molecule has 0 unspecified atom stereocenters. The summed E-state index contributed by atoms with van der Waals surface area (Å²) in [6, 6.07) is 15.6. The SMILES string of the molecule is [C-]#[N+]C[C@H]1CN(c2nc(OC[C@@H]3CCCN3CC)nc3c2CCN(c2cccc4ccccc24)C3)CCN1C(=O)/C=C/CN(C)C. The Kier molecular flexibility index (Phi) is 10.0. The first-order valence-electron chi connectivity index (χ1n) is 16.6. The number of carbonyl (C=O) groups is 1. The largest absolute Gasteiger partial charge is 0.462 e. The molecule has 0 aliphatic carbocycles. The lowest BCUT2D eigenvalue weighted by molar-refractivity contribution is -0.128. The minimum absolute atomic E-state index is 0.0355. The molecule has 3 aromatic rings. The molecular weight excluding hydrogens is 576 g/mol. The summed E-state index contributed by atoms with van der Waals surface area (Å²) in [5.74, 6) is 0.855. The Hall–Kier alpha value is -4.20. The average molecular weight is 623 g/mol. The highest BCUT2D eigenvalue weighted by molar-refractivity contribution is 5.94. The molecule has 2 fully saturated rings. The number of hydrogen-bond donors (Lipinski definition) is 0. The Bertz CT molecular complexity index is 1600. The quantitative estimate of drug-likeness (QED) is 0.247. The van der Waals surface area contributed by atoms with E-state index in [1.165, 1.54) is 22.9 Å².